The summed E-state index contributed by atoms with van der Waals surface area (Å²) in [6, 6.07) is 7.54. The molecule has 18 heavy (non-hydrogen) atoms. The molecule has 0 amide bonds. The Morgan fingerprint density at radius 1 is 0.778 bits per heavy atom. The van der Waals surface area contributed by atoms with Crippen LogP contribution in [0.1, 0.15) is 27.7 Å². The van der Waals surface area contributed by atoms with Crippen molar-refractivity contribution in [3.8, 4) is 0 Å². The van der Waals surface area contributed by atoms with E-state index in [0.717, 1.165) is 10.6 Å². The van der Waals surface area contributed by atoms with Gasteiger partial charge in [-0.25, -0.2) is 0 Å². The third kappa shape index (κ3) is 2.81. The van der Waals surface area contributed by atoms with Gasteiger partial charge in [-0.2, -0.15) is 0 Å². The molecule has 1 aromatic carbocycles. The van der Waals surface area contributed by atoms with Gasteiger partial charge in [0.25, 0.3) is 0 Å². The van der Waals surface area contributed by atoms with E-state index >= 15 is 0 Å². The molecule has 4 heteroatoms. The van der Waals surface area contributed by atoms with Crippen molar-refractivity contribution in [2.45, 2.75) is 39.0 Å². The van der Waals surface area contributed by atoms with E-state index < -0.39 is 14.3 Å². The zero-order chi connectivity index (χ0) is 14.1. The first-order valence-corrected chi connectivity index (χ1v) is 10.8. The topological polar surface area (TPSA) is 34.1 Å². The Hall–Kier alpha value is -0.320. The molecule has 0 bridgehead atoms. The molecule has 0 saturated carbocycles. The molecule has 1 aromatic rings. The lowest BCUT2D eigenvalue weighted by Gasteiger charge is -2.25. The smallest absolute Gasteiger partial charge is 0.115 e. The Morgan fingerprint density at radius 2 is 1.06 bits per heavy atom. The van der Waals surface area contributed by atoms with E-state index in [1.807, 2.05) is 52.0 Å². The number of hydrogen-bond donors (Lipinski definition) is 0. The molecular weight excluding hydrogens is 262 g/mol. The lowest BCUT2D eigenvalue weighted by molar-refractivity contribution is 0.576. The molecule has 0 N–H and O–H groups in total. The van der Waals surface area contributed by atoms with Gasteiger partial charge in [-0.1, -0.05) is 52.0 Å². The first kappa shape index (κ1) is 15.7. The summed E-state index contributed by atoms with van der Waals surface area (Å²) in [6.07, 6.45) is 0. The molecule has 0 aromatic heterocycles. The van der Waals surface area contributed by atoms with Crippen LogP contribution >= 0.6 is 14.3 Å². The molecule has 0 spiro atoms. The van der Waals surface area contributed by atoms with Gasteiger partial charge in [-0.3, -0.25) is 0 Å². The van der Waals surface area contributed by atoms with Crippen LogP contribution in [0.15, 0.2) is 24.3 Å². The van der Waals surface area contributed by atoms with Crippen molar-refractivity contribution >= 4 is 24.9 Å². The molecule has 1 rings (SSSR count). The Kier molecular flexibility index (Phi) is 4.68. The summed E-state index contributed by atoms with van der Waals surface area (Å²) in [7, 11) is -4.93. The minimum absolute atomic E-state index is 0.0748. The summed E-state index contributed by atoms with van der Waals surface area (Å²) in [5.74, 6) is 0. The highest BCUT2D eigenvalue weighted by atomic mass is 31.2. The standard InChI is InChI=1S/C14H24O2P2/c1-11(2)17(5,15)13-9-7-8-10-14(13)18(6,16)12(3)4/h7-12H,1-6H3/t17-,18-/m1/s1. The van der Waals surface area contributed by atoms with Gasteiger partial charge in [-0.15, -0.1) is 0 Å². The van der Waals surface area contributed by atoms with E-state index in [1.54, 1.807) is 13.3 Å². The van der Waals surface area contributed by atoms with Gasteiger partial charge in [0.05, 0.1) is 0 Å². The van der Waals surface area contributed by atoms with Gasteiger partial charge in [0, 0.05) is 21.9 Å². The molecule has 0 radical (unpaired) electrons. The minimum Gasteiger partial charge on any atom is -0.319 e. The maximum atomic E-state index is 12.9. The SMILES string of the molecule is CC(C)[P@@](C)(=O)c1ccccc1[P@](C)(=O)C(C)C. The molecule has 102 valence electrons. The number of hydrogen-bond acceptors (Lipinski definition) is 2. The van der Waals surface area contributed by atoms with Crippen molar-refractivity contribution in [1.29, 1.82) is 0 Å². The average Bonchev–Trinajstić information content (AvgIpc) is 2.28. The second-order valence-electron chi connectivity index (χ2n) is 5.66. The molecule has 0 fully saturated rings. The van der Waals surface area contributed by atoms with E-state index in [1.165, 1.54) is 0 Å². The van der Waals surface area contributed by atoms with E-state index in [9.17, 15) is 9.13 Å². The van der Waals surface area contributed by atoms with Gasteiger partial charge in [0.2, 0.25) is 0 Å². The van der Waals surface area contributed by atoms with Crippen molar-refractivity contribution in [3.63, 3.8) is 0 Å². The molecule has 0 unspecified atom stereocenters. The first-order valence-electron chi connectivity index (χ1n) is 6.36. The second kappa shape index (κ2) is 5.35. The van der Waals surface area contributed by atoms with Crippen molar-refractivity contribution in [2.75, 3.05) is 13.3 Å². The largest absolute Gasteiger partial charge is 0.319 e. The number of rotatable bonds is 4. The van der Waals surface area contributed by atoms with Crippen molar-refractivity contribution in [2.24, 2.45) is 0 Å². The van der Waals surface area contributed by atoms with E-state index in [-0.39, 0.29) is 11.3 Å². The van der Waals surface area contributed by atoms with E-state index in [2.05, 4.69) is 0 Å². The van der Waals surface area contributed by atoms with E-state index in [0.29, 0.717) is 0 Å². The summed E-state index contributed by atoms with van der Waals surface area (Å²) in [4.78, 5) is 0. The van der Waals surface area contributed by atoms with Gasteiger partial charge < -0.3 is 9.13 Å². The van der Waals surface area contributed by atoms with Crippen LogP contribution in [-0.2, 0) is 9.13 Å². The van der Waals surface area contributed by atoms with Crippen LogP contribution in [0, 0.1) is 0 Å². The van der Waals surface area contributed by atoms with Crippen LogP contribution in [-0.4, -0.2) is 24.6 Å². The van der Waals surface area contributed by atoms with Crippen LogP contribution in [0.25, 0.3) is 0 Å². The quantitative estimate of drug-likeness (QED) is 0.790. The predicted molar refractivity (Wildman–Crippen MR) is 83.0 cm³/mol. The van der Waals surface area contributed by atoms with Crippen LogP contribution in [0.2, 0.25) is 0 Å². The molecule has 2 nitrogen and oxygen atoms in total. The summed E-state index contributed by atoms with van der Waals surface area (Å²) in [5.41, 5.74) is 0.150. The molecule has 0 heterocycles. The zero-order valence-electron chi connectivity index (χ0n) is 12.2. The lowest BCUT2D eigenvalue weighted by Crippen LogP contribution is -2.29. The zero-order valence-corrected chi connectivity index (χ0v) is 14.0. The second-order valence-corrected chi connectivity index (χ2v) is 12.6. The minimum atomic E-state index is -2.46. The molecule has 0 aliphatic carbocycles. The Labute approximate surface area is 111 Å². The maximum absolute atomic E-state index is 12.9. The maximum Gasteiger partial charge on any atom is 0.115 e. The summed E-state index contributed by atoms with van der Waals surface area (Å²) in [6.45, 7) is 11.5. The molecule has 0 aliphatic rings. The predicted octanol–water partition coefficient (Wildman–Crippen LogP) is 3.74. The third-order valence-electron chi connectivity index (χ3n) is 3.81. The van der Waals surface area contributed by atoms with Crippen LogP contribution in [0.3, 0.4) is 0 Å². The third-order valence-corrected chi connectivity index (χ3v) is 10.6. The van der Waals surface area contributed by atoms with E-state index in [4.69, 9.17) is 0 Å². The summed E-state index contributed by atoms with van der Waals surface area (Å²) >= 11 is 0. The number of benzene rings is 1. The molecule has 0 aliphatic heterocycles. The van der Waals surface area contributed by atoms with Crippen LogP contribution in [0.5, 0.6) is 0 Å². The van der Waals surface area contributed by atoms with Gasteiger partial charge in [0.1, 0.15) is 14.3 Å². The molecule has 2 atom stereocenters. The highest BCUT2D eigenvalue weighted by molar-refractivity contribution is 7.77. The van der Waals surface area contributed by atoms with Gasteiger partial charge >= 0.3 is 0 Å². The van der Waals surface area contributed by atoms with Crippen molar-refractivity contribution < 1.29 is 9.13 Å². The highest BCUT2D eigenvalue weighted by Crippen LogP contribution is 2.51. The molecular formula is C14H24O2P2. The molecule has 0 saturated heterocycles. The fourth-order valence-corrected chi connectivity index (χ4v) is 5.90. The fraction of sp³-hybridized carbons (Fsp3) is 0.571. The average molecular weight is 286 g/mol. The highest BCUT2D eigenvalue weighted by Gasteiger charge is 2.32. The Morgan fingerprint density at radius 3 is 1.28 bits per heavy atom. The lowest BCUT2D eigenvalue weighted by atomic mass is 10.4. The Balaban J connectivity index is 3.51. The fourth-order valence-electron chi connectivity index (χ4n) is 1.77. The summed E-state index contributed by atoms with van der Waals surface area (Å²) < 4.78 is 25.8. The van der Waals surface area contributed by atoms with Gasteiger partial charge in [-0.05, 0) is 13.3 Å². The normalized spacial score (nSPS) is 18.7. The van der Waals surface area contributed by atoms with Crippen LogP contribution < -0.4 is 10.6 Å². The van der Waals surface area contributed by atoms with Crippen molar-refractivity contribution in [3.05, 3.63) is 24.3 Å². The van der Waals surface area contributed by atoms with Crippen molar-refractivity contribution in [1.82, 2.24) is 0 Å². The first-order chi connectivity index (χ1) is 8.11. The van der Waals surface area contributed by atoms with Gasteiger partial charge in [0.15, 0.2) is 0 Å². The van der Waals surface area contributed by atoms with Crippen LogP contribution in [0.4, 0.5) is 0 Å². The summed E-state index contributed by atoms with van der Waals surface area (Å²) in [5, 5.41) is 1.61. The monoisotopic (exact) mass is 286 g/mol. The Bertz CT molecular complexity index is 471.